The van der Waals surface area contributed by atoms with Gasteiger partial charge in [0.05, 0.1) is 0 Å². The van der Waals surface area contributed by atoms with Crippen molar-refractivity contribution in [3.05, 3.63) is 0 Å². The molecule has 1 rings (SSSR count). The van der Waals surface area contributed by atoms with Gasteiger partial charge in [0, 0.05) is 36.4 Å². The van der Waals surface area contributed by atoms with Crippen molar-refractivity contribution in [2.24, 2.45) is 0 Å². The third kappa shape index (κ3) is 1.99. The van der Waals surface area contributed by atoms with Gasteiger partial charge in [-0.05, 0) is 13.8 Å². The molecular weight excluding hydrogens is 164 g/mol. The molecule has 1 fully saturated rings. The van der Waals surface area contributed by atoms with Crippen molar-refractivity contribution in [1.29, 1.82) is 0 Å². The van der Waals surface area contributed by atoms with Crippen LogP contribution in [0.5, 0.6) is 0 Å². The summed E-state index contributed by atoms with van der Waals surface area (Å²) in [5.74, 6) is 0. The fourth-order valence-corrected chi connectivity index (χ4v) is 2.15. The van der Waals surface area contributed by atoms with Gasteiger partial charge in [-0.3, -0.25) is 4.21 Å². The standard InChI is InChI=1S/C6H14N2O2S/c1-5-3-7-4-6(2)8(5)11(9)10/h5-7H,3-4H2,1-2H3,(H,9,10)/p-1. The molecular formula is C6H13N2O2S-. The molecule has 1 heterocycles. The maximum Gasteiger partial charge on any atom is 0.0315 e. The summed E-state index contributed by atoms with van der Waals surface area (Å²) >= 11 is -2.07. The highest BCUT2D eigenvalue weighted by Crippen LogP contribution is 2.10. The minimum Gasteiger partial charge on any atom is -0.760 e. The first-order valence-electron chi connectivity index (χ1n) is 3.71. The average Bonchev–Trinajstić information content (AvgIpc) is 1.85. The molecule has 0 aromatic carbocycles. The van der Waals surface area contributed by atoms with Gasteiger partial charge < -0.3 is 9.87 Å². The van der Waals surface area contributed by atoms with Crippen molar-refractivity contribution in [1.82, 2.24) is 9.62 Å². The lowest BCUT2D eigenvalue weighted by Gasteiger charge is -2.39. The van der Waals surface area contributed by atoms with Crippen LogP contribution in [0.25, 0.3) is 0 Å². The van der Waals surface area contributed by atoms with Crippen LogP contribution in [-0.4, -0.2) is 38.2 Å². The molecule has 0 saturated carbocycles. The molecule has 1 N–H and O–H groups in total. The van der Waals surface area contributed by atoms with E-state index in [0.29, 0.717) is 0 Å². The van der Waals surface area contributed by atoms with E-state index in [0.717, 1.165) is 13.1 Å². The third-order valence-corrected chi connectivity index (χ3v) is 2.98. The number of nitrogens with zero attached hydrogens (tertiary/aromatic N) is 1. The highest BCUT2D eigenvalue weighted by Gasteiger charge is 2.24. The van der Waals surface area contributed by atoms with Crippen molar-refractivity contribution < 1.29 is 8.76 Å². The molecule has 3 unspecified atom stereocenters. The minimum absolute atomic E-state index is 0.0806. The maximum atomic E-state index is 10.7. The van der Waals surface area contributed by atoms with E-state index in [4.69, 9.17) is 0 Å². The molecule has 1 saturated heterocycles. The van der Waals surface area contributed by atoms with E-state index in [9.17, 15) is 8.76 Å². The van der Waals surface area contributed by atoms with Gasteiger partial charge in [0.25, 0.3) is 0 Å². The molecule has 0 aromatic rings. The molecule has 11 heavy (non-hydrogen) atoms. The SMILES string of the molecule is CC1CNCC(C)N1S(=O)[O-]. The van der Waals surface area contributed by atoms with Crippen LogP contribution >= 0.6 is 0 Å². The number of hydrogen-bond acceptors (Lipinski definition) is 3. The summed E-state index contributed by atoms with van der Waals surface area (Å²) in [6, 6.07) is 0.161. The second kappa shape index (κ2) is 3.62. The Morgan fingerprint density at radius 1 is 1.45 bits per heavy atom. The van der Waals surface area contributed by atoms with Gasteiger partial charge in [0.2, 0.25) is 0 Å². The Morgan fingerprint density at radius 3 is 2.18 bits per heavy atom. The second-order valence-electron chi connectivity index (χ2n) is 2.93. The normalized spacial score (nSPS) is 37.0. The molecule has 66 valence electrons. The summed E-state index contributed by atoms with van der Waals surface area (Å²) < 4.78 is 22.8. The first-order chi connectivity index (χ1) is 5.13. The summed E-state index contributed by atoms with van der Waals surface area (Å²) in [6.07, 6.45) is 0. The van der Waals surface area contributed by atoms with E-state index in [-0.39, 0.29) is 12.1 Å². The molecule has 3 atom stereocenters. The molecule has 1 aliphatic heterocycles. The van der Waals surface area contributed by atoms with E-state index in [1.807, 2.05) is 13.8 Å². The van der Waals surface area contributed by atoms with E-state index in [1.54, 1.807) is 0 Å². The molecule has 1 aliphatic rings. The van der Waals surface area contributed by atoms with Crippen LogP contribution in [0, 0.1) is 0 Å². The highest BCUT2D eigenvalue weighted by molar-refractivity contribution is 7.76. The van der Waals surface area contributed by atoms with Crippen molar-refractivity contribution in [2.75, 3.05) is 13.1 Å². The summed E-state index contributed by atoms with van der Waals surface area (Å²) in [5.41, 5.74) is 0. The second-order valence-corrected chi connectivity index (χ2v) is 3.79. The Balaban J connectivity index is 2.62. The molecule has 0 bridgehead atoms. The van der Waals surface area contributed by atoms with E-state index < -0.39 is 11.3 Å². The van der Waals surface area contributed by atoms with Crippen molar-refractivity contribution in [3.8, 4) is 0 Å². The fourth-order valence-electron chi connectivity index (χ4n) is 1.41. The lowest BCUT2D eigenvalue weighted by atomic mass is 10.2. The molecule has 4 nitrogen and oxygen atoms in total. The summed E-state index contributed by atoms with van der Waals surface area (Å²) in [6.45, 7) is 5.30. The third-order valence-electron chi connectivity index (χ3n) is 1.92. The summed E-state index contributed by atoms with van der Waals surface area (Å²) in [7, 11) is 0. The first kappa shape index (κ1) is 9.12. The predicted octanol–water partition coefficient (Wildman–Crippen LogP) is -0.537. The molecule has 0 amide bonds. The smallest absolute Gasteiger partial charge is 0.0315 e. The number of nitrogens with one attached hydrogen (secondary N) is 1. The van der Waals surface area contributed by atoms with Gasteiger partial charge in [0.15, 0.2) is 0 Å². The summed E-state index contributed by atoms with van der Waals surface area (Å²) in [5, 5.41) is 3.15. The Labute approximate surface area is 69.4 Å². The number of rotatable bonds is 1. The molecule has 0 aromatic heterocycles. The topological polar surface area (TPSA) is 55.4 Å². The molecule has 0 spiro atoms. The van der Waals surface area contributed by atoms with Crippen molar-refractivity contribution >= 4 is 11.3 Å². The first-order valence-corrected chi connectivity index (χ1v) is 4.74. The molecule has 0 aliphatic carbocycles. The van der Waals surface area contributed by atoms with Crippen LogP contribution in [0.15, 0.2) is 0 Å². The van der Waals surface area contributed by atoms with Crippen LogP contribution in [0.1, 0.15) is 13.8 Å². The van der Waals surface area contributed by atoms with Gasteiger partial charge in [-0.25, -0.2) is 4.31 Å². The Morgan fingerprint density at radius 2 is 1.91 bits per heavy atom. The zero-order valence-corrected chi connectivity index (χ0v) is 7.56. The van der Waals surface area contributed by atoms with Gasteiger partial charge in [-0.2, -0.15) is 0 Å². The molecule has 0 radical (unpaired) electrons. The van der Waals surface area contributed by atoms with E-state index in [2.05, 4.69) is 5.32 Å². The quantitative estimate of drug-likeness (QED) is 0.547. The van der Waals surface area contributed by atoms with Crippen LogP contribution < -0.4 is 5.32 Å². The zero-order chi connectivity index (χ0) is 8.43. The van der Waals surface area contributed by atoms with Crippen LogP contribution in [0.4, 0.5) is 0 Å². The fraction of sp³-hybridized carbons (Fsp3) is 1.00. The van der Waals surface area contributed by atoms with Crippen LogP contribution in [-0.2, 0) is 11.3 Å². The van der Waals surface area contributed by atoms with E-state index >= 15 is 0 Å². The van der Waals surface area contributed by atoms with Gasteiger partial charge in [0.1, 0.15) is 0 Å². The lowest BCUT2D eigenvalue weighted by Crippen LogP contribution is -2.55. The monoisotopic (exact) mass is 177 g/mol. The lowest BCUT2D eigenvalue weighted by molar-refractivity contribution is 0.214. The van der Waals surface area contributed by atoms with Crippen LogP contribution in [0.3, 0.4) is 0 Å². The number of piperazine rings is 1. The van der Waals surface area contributed by atoms with Crippen LogP contribution in [0.2, 0.25) is 0 Å². The molecule has 5 heteroatoms. The van der Waals surface area contributed by atoms with Gasteiger partial charge in [-0.15, -0.1) is 0 Å². The summed E-state index contributed by atoms with van der Waals surface area (Å²) in [4.78, 5) is 0. The Hall–Kier alpha value is 0.0300. The minimum atomic E-state index is -2.07. The van der Waals surface area contributed by atoms with E-state index in [1.165, 1.54) is 4.31 Å². The number of hydrogen-bond donors (Lipinski definition) is 1. The predicted molar refractivity (Wildman–Crippen MR) is 42.6 cm³/mol. The van der Waals surface area contributed by atoms with Crippen molar-refractivity contribution in [3.63, 3.8) is 0 Å². The average molecular weight is 177 g/mol. The van der Waals surface area contributed by atoms with Gasteiger partial charge in [-0.1, -0.05) is 0 Å². The van der Waals surface area contributed by atoms with Gasteiger partial charge >= 0.3 is 0 Å². The largest absolute Gasteiger partial charge is 0.760 e. The Kier molecular flexibility index (Phi) is 3.00. The Bertz CT molecular complexity index is 155. The highest BCUT2D eigenvalue weighted by atomic mass is 32.2. The maximum absolute atomic E-state index is 10.7. The zero-order valence-electron chi connectivity index (χ0n) is 6.74. The van der Waals surface area contributed by atoms with Crippen molar-refractivity contribution in [2.45, 2.75) is 25.9 Å².